The molecule has 0 saturated carbocycles. The lowest BCUT2D eigenvalue weighted by Gasteiger charge is -2.28. The van der Waals surface area contributed by atoms with Gasteiger partial charge in [-0.15, -0.1) is 0 Å². The second-order valence-electron chi connectivity index (χ2n) is 7.43. The predicted molar refractivity (Wildman–Crippen MR) is 114 cm³/mol. The number of halogens is 1. The number of imide groups is 1. The summed E-state index contributed by atoms with van der Waals surface area (Å²) >= 11 is 0. The van der Waals surface area contributed by atoms with Crippen molar-refractivity contribution in [3.8, 4) is 0 Å². The van der Waals surface area contributed by atoms with Crippen molar-refractivity contribution in [2.45, 2.75) is 25.4 Å². The summed E-state index contributed by atoms with van der Waals surface area (Å²) in [5.74, 6) is -1.58. The van der Waals surface area contributed by atoms with Crippen molar-refractivity contribution < 1.29 is 18.8 Å². The first-order valence-corrected chi connectivity index (χ1v) is 10.0. The summed E-state index contributed by atoms with van der Waals surface area (Å²) in [5.41, 5.74) is 2.00. The first kappa shape index (κ1) is 20.5. The summed E-state index contributed by atoms with van der Waals surface area (Å²) in [6.07, 6.45) is 0.0196. The molecule has 5 nitrogen and oxygen atoms in total. The smallest absolute Gasteiger partial charge is 0.257 e. The molecule has 0 spiro atoms. The van der Waals surface area contributed by atoms with E-state index in [1.54, 1.807) is 0 Å². The van der Waals surface area contributed by atoms with Gasteiger partial charge in [0, 0.05) is 6.54 Å². The zero-order valence-corrected chi connectivity index (χ0v) is 16.8. The second kappa shape index (κ2) is 8.92. The van der Waals surface area contributed by atoms with E-state index in [0.717, 1.165) is 16.0 Å². The van der Waals surface area contributed by atoms with E-state index in [1.807, 2.05) is 60.7 Å². The van der Waals surface area contributed by atoms with E-state index in [4.69, 9.17) is 0 Å². The summed E-state index contributed by atoms with van der Waals surface area (Å²) in [6, 6.07) is 22.9. The molecule has 156 valence electrons. The van der Waals surface area contributed by atoms with Crippen LogP contribution in [-0.2, 0) is 27.3 Å². The molecule has 1 unspecified atom stereocenters. The van der Waals surface area contributed by atoms with E-state index >= 15 is 0 Å². The number of amides is 3. The molecule has 4 rings (SSSR count). The minimum atomic E-state index is -0.908. The van der Waals surface area contributed by atoms with Crippen molar-refractivity contribution in [3.05, 3.63) is 102 Å². The van der Waals surface area contributed by atoms with Crippen LogP contribution in [0, 0.1) is 5.82 Å². The van der Waals surface area contributed by atoms with Crippen LogP contribution in [-0.4, -0.2) is 28.7 Å². The fourth-order valence-electron chi connectivity index (χ4n) is 3.75. The summed E-state index contributed by atoms with van der Waals surface area (Å²) in [7, 11) is 0. The van der Waals surface area contributed by atoms with Gasteiger partial charge in [-0.25, -0.2) is 9.29 Å². The van der Waals surface area contributed by atoms with Crippen LogP contribution in [0.5, 0.6) is 0 Å². The molecule has 3 aromatic rings. The molecular formula is C25H21FN2O3. The van der Waals surface area contributed by atoms with Crippen molar-refractivity contribution >= 4 is 23.4 Å². The monoisotopic (exact) mass is 416 g/mol. The van der Waals surface area contributed by atoms with E-state index in [1.165, 1.54) is 29.2 Å². The number of carbonyl (C=O) groups is 3. The summed E-state index contributed by atoms with van der Waals surface area (Å²) in [6.45, 7) is 0.216. The Hall–Kier alpha value is -3.80. The van der Waals surface area contributed by atoms with Gasteiger partial charge in [0.25, 0.3) is 5.91 Å². The number of benzene rings is 3. The van der Waals surface area contributed by atoms with E-state index in [2.05, 4.69) is 0 Å². The van der Waals surface area contributed by atoms with Gasteiger partial charge in [-0.2, -0.15) is 0 Å². The molecule has 0 radical (unpaired) electrons. The summed E-state index contributed by atoms with van der Waals surface area (Å²) < 4.78 is 13.3. The van der Waals surface area contributed by atoms with Crippen molar-refractivity contribution in [1.29, 1.82) is 0 Å². The van der Waals surface area contributed by atoms with Gasteiger partial charge in [-0.3, -0.25) is 14.4 Å². The van der Waals surface area contributed by atoms with Gasteiger partial charge in [0.15, 0.2) is 0 Å². The van der Waals surface area contributed by atoms with Crippen molar-refractivity contribution in [3.63, 3.8) is 0 Å². The van der Waals surface area contributed by atoms with Crippen LogP contribution in [0.25, 0.3) is 0 Å². The van der Waals surface area contributed by atoms with E-state index < -0.39 is 23.7 Å². The number of hydrogen-bond acceptors (Lipinski definition) is 3. The largest absolute Gasteiger partial charge is 0.325 e. The highest BCUT2D eigenvalue weighted by Gasteiger charge is 2.44. The SMILES string of the molecule is O=C1CC(N(Cc2ccccc2)C(=O)Cc2ccccc2)C(=O)N1c1ccc(F)cc1. The maximum Gasteiger partial charge on any atom is 0.257 e. The van der Waals surface area contributed by atoms with Crippen LogP contribution in [0.4, 0.5) is 10.1 Å². The average molecular weight is 416 g/mol. The summed E-state index contributed by atoms with van der Waals surface area (Å²) in [4.78, 5) is 41.7. The molecule has 1 aliphatic rings. The average Bonchev–Trinajstić information content (AvgIpc) is 3.08. The lowest BCUT2D eigenvalue weighted by molar-refractivity contribution is -0.138. The standard InChI is InChI=1S/C25H21FN2O3/c26-20-11-13-21(14-12-20)28-24(30)16-22(25(28)31)27(17-19-9-5-2-6-10-19)23(29)15-18-7-3-1-4-8-18/h1-14,22H,15-17H2. The molecule has 1 saturated heterocycles. The lowest BCUT2D eigenvalue weighted by Crippen LogP contribution is -2.45. The van der Waals surface area contributed by atoms with Crippen LogP contribution < -0.4 is 4.90 Å². The van der Waals surface area contributed by atoms with Gasteiger partial charge in [0.2, 0.25) is 11.8 Å². The van der Waals surface area contributed by atoms with E-state index in [-0.39, 0.29) is 25.3 Å². The van der Waals surface area contributed by atoms with Gasteiger partial charge < -0.3 is 4.90 Å². The topological polar surface area (TPSA) is 57.7 Å². The maximum atomic E-state index is 13.3. The van der Waals surface area contributed by atoms with Gasteiger partial charge in [-0.05, 0) is 35.4 Å². The van der Waals surface area contributed by atoms with Crippen molar-refractivity contribution in [2.75, 3.05) is 4.90 Å². The first-order chi connectivity index (χ1) is 15.0. The van der Waals surface area contributed by atoms with Crippen LogP contribution in [0.1, 0.15) is 17.5 Å². The molecule has 1 heterocycles. The minimum absolute atomic E-state index is 0.108. The molecule has 0 N–H and O–H groups in total. The molecule has 1 aliphatic heterocycles. The number of anilines is 1. The minimum Gasteiger partial charge on any atom is -0.325 e. The molecule has 3 amide bonds. The zero-order valence-electron chi connectivity index (χ0n) is 16.8. The van der Waals surface area contributed by atoms with Crippen LogP contribution in [0.15, 0.2) is 84.9 Å². The third-order valence-electron chi connectivity index (χ3n) is 5.30. The number of hydrogen-bond donors (Lipinski definition) is 0. The molecule has 0 bridgehead atoms. The van der Waals surface area contributed by atoms with E-state index in [9.17, 15) is 18.8 Å². The maximum absolute atomic E-state index is 13.3. The Balaban J connectivity index is 1.62. The Kier molecular flexibility index (Phi) is 5.89. The Labute approximate surface area is 179 Å². The molecule has 0 aliphatic carbocycles. The van der Waals surface area contributed by atoms with Gasteiger partial charge in [-0.1, -0.05) is 60.7 Å². The Morgan fingerprint density at radius 2 is 1.45 bits per heavy atom. The molecule has 31 heavy (non-hydrogen) atoms. The molecule has 1 atom stereocenters. The quantitative estimate of drug-likeness (QED) is 0.576. The highest BCUT2D eigenvalue weighted by Crippen LogP contribution is 2.27. The second-order valence-corrected chi connectivity index (χ2v) is 7.43. The fourth-order valence-corrected chi connectivity index (χ4v) is 3.75. The van der Waals surface area contributed by atoms with Crippen molar-refractivity contribution in [2.24, 2.45) is 0 Å². The normalized spacial score (nSPS) is 15.9. The fraction of sp³-hybridized carbons (Fsp3) is 0.160. The summed E-state index contributed by atoms with van der Waals surface area (Å²) in [5, 5.41) is 0. The number of nitrogens with zero attached hydrogens (tertiary/aromatic N) is 2. The first-order valence-electron chi connectivity index (χ1n) is 10.0. The van der Waals surface area contributed by atoms with Crippen LogP contribution in [0.3, 0.4) is 0 Å². The van der Waals surface area contributed by atoms with Crippen LogP contribution >= 0.6 is 0 Å². The molecule has 0 aromatic heterocycles. The van der Waals surface area contributed by atoms with E-state index in [0.29, 0.717) is 5.69 Å². The third-order valence-corrected chi connectivity index (χ3v) is 5.30. The highest BCUT2D eigenvalue weighted by atomic mass is 19.1. The lowest BCUT2D eigenvalue weighted by atomic mass is 10.1. The van der Waals surface area contributed by atoms with Crippen LogP contribution in [0.2, 0.25) is 0 Å². The van der Waals surface area contributed by atoms with Gasteiger partial charge in [0.05, 0.1) is 18.5 Å². The Morgan fingerprint density at radius 1 is 0.871 bits per heavy atom. The van der Waals surface area contributed by atoms with Crippen molar-refractivity contribution in [1.82, 2.24) is 4.90 Å². The van der Waals surface area contributed by atoms with Gasteiger partial charge >= 0.3 is 0 Å². The highest BCUT2D eigenvalue weighted by molar-refractivity contribution is 6.23. The number of rotatable bonds is 6. The molecule has 6 heteroatoms. The zero-order chi connectivity index (χ0) is 21.8. The molecular weight excluding hydrogens is 395 g/mol. The molecule has 1 fully saturated rings. The van der Waals surface area contributed by atoms with Gasteiger partial charge in [0.1, 0.15) is 11.9 Å². The molecule has 3 aromatic carbocycles. The predicted octanol–water partition coefficient (Wildman–Crippen LogP) is 3.73. The third kappa shape index (κ3) is 4.53. The Bertz CT molecular complexity index is 1080. The Morgan fingerprint density at radius 3 is 2.06 bits per heavy atom. The number of carbonyl (C=O) groups excluding carboxylic acids is 3.